The highest BCUT2D eigenvalue weighted by molar-refractivity contribution is 6.32. The molecule has 0 aliphatic heterocycles. The van der Waals surface area contributed by atoms with Crippen molar-refractivity contribution in [1.82, 2.24) is 14.3 Å². The number of hydrogen-bond acceptors (Lipinski definition) is 3. The van der Waals surface area contributed by atoms with Gasteiger partial charge in [0.1, 0.15) is 11.3 Å². The summed E-state index contributed by atoms with van der Waals surface area (Å²) in [6.45, 7) is 0. The summed E-state index contributed by atoms with van der Waals surface area (Å²) in [6, 6.07) is 18.5. The zero-order valence-corrected chi connectivity index (χ0v) is 15.8. The second-order valence-electron chi connectivity index (χ2n) is 6.02. The van der Waals surface area contributed by atoms with Gasteiger partial charge in [0, 0.05) is 18.1 Å². The largest absolute Gasteiger partial charge is 0.495 e. The number of benzene rings is 2. The molecule has 2 aromatic heterocycles. The van der Waals surface area contributed by atoms with E-state index in [4.69, 9.17) is 16.3 Å². The fourth-order valence-electron chi connectivity index (χ4n) is 2.93. The van der Waals surface area contributed by atoms with Crippen molar-refractivity contribution in [3.05, 3.63) is 89.8 Å². The number of hydrogen-bond donors (Lipinski definition) is 1. The molecule has 2 aromatic carbocycles. The maximum atomic E-state index is 13.0. The Bertz CT molecular complexity index is 1100. The molecule has 0 aliphatic carbocycles. The lowest BCUT2D eigenvalue weighted by Crippen LogP contribution is -2.15. The van der Waals surface area contributed by atoms with Gasteiger partial charge in [-0.2, -0.15) is 5.10 Å². The Hall–Kier alpha value is -3.51. The molecular weight excluding hydrogens is 376 g/mol. The molecule has 7 heteroatoms. The summed E-state index contributed by atoms with van der Waals surface area (Å²) in [5.74, 6) is 0.907. The molecule has 0 atom stereocenters. The number of anilines is 1. The zero-order valence-electron chi connectivity index (χ0n) is 15.0. The normalized spacial score (nSPS) is 10.6. The van der Waals surface area contributed by atoms with Crippen LogP contribution in [0.4, 0.5) is 5.69 Å². The predicted octanol–water partition coefficient (Wildman–Crippen LogP) is 4.58. The first-order valence-electron chi connectivity index (χ1n) is 8.59. The number of carbonyl (C=O) groups excluding carboxylic acids is 1. The smallest absolute Gasteiger partial charge is 0.261 e. The summed E-state index contributed by atoms with van der Waals surface area (Å²) in [6.07, 6.45) is 5.30. The minimum absolute atomic E-state index is 0.285. The second-order valence-corrected chi connectivity index (χ2v) is 6.43. The molecule has 4 rings (SSSR count). The molecule has 0 radical (unpaired) electrons. The van der Waals surface area contributed by atoms with Crippen LogP contribution in [0.2, 0.25) is 5.02 Å². The van der Waals surface area contributed by atoms with Crippen LogP contribution in [0.15, 0.2) is 79.3 Å². The molecule has 0 saturated carbocycles. The van der Waals surface area contributed by atoms with Crippen molar-refractivity contribution in [2.75, 3.05) is 12.4 Å². The van der Waals surface area contributed by atoms with Gasteiger partial charge in [0.25, 0.3) is 5.91 Å². The Labute approximate surface area is 166 Å². The average molecular weight is 393 g/mol. The highest BCUT2D eigenvalue weighted by atomic mass is 35.5. The van der Waals surface area contributed by atoms with Gasteiger partial charge in [-0.3, -0.25) is 4.79 Å². The lowest BCUT2D eigenvalue weighted by Gasteiger charge is -2.12. The third-order valence-electron chi connectivity index (χ3n) is 4.25. The van der Waals surface area contributed by atoms with E-state index in [-0.39, 0.29) is 5.91 Å². The minimum atomic E-state index is -0.285. The number of nitrogens with zero attached hydrogens (tertiary/aromatic N) is 3. The summed E-state index contributed by atoms with van der Waals surface area (Å²) >= 11 is 6.16. The number of rotatable bonds is 5. The monoisotopic (exact) mass is 392 g/mol. The standard InChI is InChI=1S/C21H17ClN4O2/c1-28-19-10-9-15(13-18(19)22)24-20(27)17-14-23-26(16-7-3-2-4-8-16)21(17)25-11-5-6-12-25/h2-14H,1H3,(H,24,27). The van der Waals surface area contributed by atoms with Crippen LogP contribution in [0.1, 0.15) is 10.4 Å². The first-order valence-corrected chi connectivity index (χ1v) is 8.97. The van der Waals surface area contributed by atoms with Crippen LogP contribution >= 0.6 is 11.6 Å². The molecule has 28 heavy (non-hydrogen) atoms. The molecule has 0 bridgehead atoms. The van der Waals surface area contributed by atoms with Crippen molar-refractivity contribution in [2.24, 2.45) is 0 Å². The summed E-state index contributed by atoms with van der Waals surface area (Å²) < 4.78 is 8.74. The Kier molecular flexibility index (Phi) is 4.87. The van der Waals surface area contributed by atoms with Gasteiger partial charge in [0.05, 0.1) is 24.0 Å². The van der Waals surface area contributed by atoms with Crippen LogP contribution in [0.5, 0.6) is 5.75 Å². The molecule has 0 spiro atoms. The number of aromatic nitrogens is 3. The highest BCUT2D eigenvalue weighted by Crippen LogP contribution is 2.28. The van der Waals surface area contributed by atoms with Gasteiger partial charge >= 0.3 is 0 Å². The molecule has 4 aromatic rings. The third kappa shape index (κ3) is 3.37. The Morgan fingerprint density at radius 2 is 1.82 bits per heavy atom. The van der Waals surface area contributed by atoms with Gasteiger partial charge in [0.15, 0.2) is 5.82 Å². The summed E-state index contributed by atoms with van der Waals surface area (Å²) in [5.41, 5.74) is 1.87. The van der Waals surface area contributed by atoms with Crippen LogP contribution in [0.25, 0.3) is 11.5 Å². The van der Waals surface area contributed by atoms with Crippen LogP contribution < -0.4 is 10.1 Å². The number of para-hydroxylation sites is 1. The number of halogens is 1. The summed E-state index contributed by atoms with van der Waals surface area (Å²) in [5, 5.41) is 7.73. The van der Waals surface area contributed by atoms with E-state index in [2.05, 4.69) is 10.4 Å². The number of nitrogens with one attached hydrogen (secondary N) is 1. The van der Waals surface area contributed by atoms with Gasteiger partial charge in [-0.15, -0.1) is 0 Å². The third-order valence-corrected chi connectivity index (χ3v) is 4.54. The van der Waals surface area contributed by atoms with E-state index in [1.807, 2.05) is 59.4 Å². The molecule has 0 unspecified atom stereocenters. The number of carbonyl (C=O) groups is 1. The fraction of sp³-hybridized carbons (Fsp3) is 0.0476. The van der Waals surface area contributed by atoms with Crippen molar-refractivity contribution in [3.63, 3.8) is 0 Å². The topological polar surface area (TPSA) is 61.1 Å². The van der Waals surface area contributed by atoms with Crippen LogP contribution in [-0.4, -0.2) is 27.4 Å². The molecule has 2 heterocycles. The van der Waals surface area contributed by atoms with E-state index in [1.165, 1.54) is 0 Å². The molecule has 0 fully saturated rings. The van der Waals surface area contributed by atoms with Crippen LogP contribution in [0, 0.1) is 0 Å². The van der Waals surface area contributed by atoms with Crippen molar-refractivity contribution < 1.29 is 9.53 Å². The van der Waals surface area contributed by atoms with E-state index in [0.29, 0.717) is 27.8 Å². The first-order chi connectivity index (χ1) is 13.7. The van der Waals surface area contributed by atoms with Crippen LogP contribution in [-0.2, 0) is 0 Å². The van der Waals surface area contributed by atoms with Gasteiger partial charge in [-0.25, -0.2) is 4.68 Å². The van der Waals surface area contributed by atoms with E-state index < -0.39 is 0 Å². The molecule has 6 nitrogen and oxygen atoms in total. The predicted molar refractivity (Wildman–Crippen MR) is 109 cm³/mol. The van der Waals surface area contributed by atoms with E-state index in [1.54, 1.807) is 36.2 Å². The Morgan fingerprint density at radius 1 is 1.07 bits per heavy atom. The molecule has 0 saturated heterocycles. The van der Waals surface area contributed by atoms with E-state index in [0.717, 1.165) is 5.69 Å². The Balaban J connectivity index is 1.72. The van der Waals surface area contributed by atoms with Crippen molar-refractivity contribution in [3.8, 4) is 17.3 Å². The molecule has 1 amide bonds. The Morgan fingerprint density at radius 3 is 2.50 bits per heavy atom. The first kappa shape index (κ1) is 17.9. The maximum absolute atomic E-state index is 13.0. The quantitative estimate of drug-likeness (QED) is 0.541. The molecule has 0 aliphatic rings. The van der Waals surface area contributed by atoms with Crippen LogP contribution in [0.3, 0.4) is 0 Å². The molecule has 140 valence electrons. The van der Waals surface area contributed by atoms with Gasteiger partial charge in [0.2, 0.25) is 0 Å². The lowest BCUT2D eigenvalue weighted by atomic mass is 10.2. The fourth-order valence-corrected chi connectivity index (χ4v) is 3.18. The zero-order chi connectivity index (χ0) is 19.5. The minimum Gasteiger partial charge on any atom is -0.495 e. The molecular formula is C21H17ClN4O2. The van der Waals surface area contributed by atoms with E-state index >= 15 is 0 Å². The van der Waals surface area contributed by atoms with Crippen molar-refractivity contribution >= 4 is 23.2 Å². The van der Waals surface area contributed by atoms with Gasteiger partial charge < -0.3 is 14.6 Å². The SMILES string of the molecule is COc1ccc(NC(=O)c2cnn(-c3ccccc3)c2-n2cccc2)cc1Cl. The van der Waals surface area contributed by atoms with Crippen molar-refractivity contribution in [2.45, 2.75) is 0 Å². The van der Waals surface area contributed by atoms with E-state index in [9.17, 15) is 4.79 Å². The average Bonchev–Trinajstić information content (AvgIpc) is 3.38. The number of methoxy groups -OCH3 is 1. The summed E-state index contributed by atoms with van der Waals surface area (Å²) in [4.78, 5) is 13.0. The highest BCUT2D eigenvalue weighted by Gasteiger charge is 2.20. The van der Waals surface area contributed by atoms with Crippen molar-refractivity contribution in [1.29, 1.82) is 0 Å². The number of amides is 1. The number of ether oxygens (including phenoxy) is 1. The van der Waals surface area contributed by atoms with Gasteiger partial charge in [-0.05, 0) is 42.5 Å². The summed E-state index contributed by atoms with van der Waals surface area (Å²) in [7, 11) is 1.54. The van der Waals surface area contributed by atoms with Gasteiger partial charge in [-0.1, -0.05) is 29.8 Å². The second kappa shape index (κ2) is 7.62. The molecule has 1 N–H and O–H groups in total. The lowest BCUT2D eigenvalue weighted by molar-refractivity contribution is 0.102. The maximum Gasteiger partial charge on any atom is 0.261 e.